The molecule has 5 nitrogen and oxygen atoms in total. The van der Waals surface area contributed by atoms with Gasteiger partial charge in [-0.15, -0.1) is 0 Å². The number of carbonyl (C=O) groups excluding carboxylic acids is 1. The predicted octanol–water partition coefficient (Wildman–Crippen LogP) is 3.61. The number of hydrogen-bond donors (Lipinski definition) is 1. The third-order valence-corrected chi connectivity index (χ3v) is 7.08. The highest BCUT2D eigenvalue weighted by molar-refractivity contribution is 5.95. The smallest absolute Gasteiger partial charge is 0.230 e. The second-order valence-electron chi connectivity index (χ2n) is 9.09. The van der Waals surface area contributed by atoms with E-state index < -0.39 is 0 Å². The van der Waals surface area contributed by atoms with Gasteiger partial charge in [-0.25, -0.2) is 0 Å². The van der Waals surface area contributed by atoms with Crippen molar-refractivity contribution in [1.82, 2.24) is 9.78 Å². The summed E-state index contributed by atoms with van der Waals surface area (Å²) in [5.74, 6) is 2.63. The van der Waals surface area contributed by atoms with E-state index in [1.807, 2.05) is 10.9 Å². The number of nitrogens with one attached hydrogen (secondary N) is 1. The number of ether oxygens (including phenoxy) is 1. The minimum Gasteiger partial charge on any atom is -0.376 e. The minimum absolute atomic E-state index is 0.0939. The van der Waals surface area contributed by atoms with Crippen molar-refractivity contribution in [3.63, 3.8) is 0 Å². The Morgan fingerprint density at radius 1 is 1.20 bits per heavy atom. The van der Waals surface area contributed by atoms with Gasteiger partial charge in [0.15, 0.2) is 0 Å². The van der Waals surface area contributed by atoms with Crippen LogP contribution in [0.25, 0.3) is 0 Å². The highest BCUT2D eigenvalue weighted by Crippen LogP contribution is 2.60. The van der Waals surface area contributed by atoms with Gasteiger partial charge in [0.05, 0.1) is 29.9 Å². The highest BCUT2D eigenvalue weighted by Gasteiger charge is 2.54. The van der Waals surface area contributed by atoms with E-state index in [2.05, 4.69) is 10.4 Å². The van der Waals surface area contributed by atoms with Crippen LogP contribution in [-0.4, -0.2) is 28.4 Å². The molecule has 0 radical (unpaired) electrons. The standard InChI is InChI=1S/C20H29N3O2/c24-19(20-8-14-5-15(9-20)7-16(6-14)10-20)22-17-11-21-23(12-17)13-18-3-1-2-4-25-18/h11-12,14-16,18H,1-10,13H2,(H,22,24). The summed E-state index contributed by atoms with van der Waals surface area (Å²) in [6.07, 6.45) is 15.0. The maximum Gasteiger partial charge on any atom is 0.230 e. The summed E-state index contributed by atoms with van der Waals surface area (Å²) < 4.78 is 7.71. The van der Waals surface area contributed by atoms with Crippen LogP contribution in [0.3, 0.4) is 0 Å². The van der Waals surface area contributed by atoms with E-state index in [0.29, 0.717) is 0 Å². The van der Waals surface area contributed by atoms with E-state index in [4.69, 9.17) is 4.74 Å². The van der Waals surface area contributed by atoms with Gasteiger partial charge in [0.1, 0.15) is 0 Å². The van der Waals surface area contributed by atoms with Crippen LogP contribution >= 0.6 is 0 Å². The average molecular weight is 343 g/mol. The first-order valence-corrected chi connectivity index (χ1v) is 10.1. The van der Waals surface area contributed by atoms with E-state index in [1.165, 1.54) is 32.1 Å². The van der Waals surface area contributed by atoms with Crippen molar-refractivity contribution in [2.75, 3.05) is 11.9 Å². The van der Waals surface area contributed by atoms with E-state index in [1.54, 1.807) is 6.20 Å². The normalized spacial score (nSPS) is 39.5. The fraction of sp³-hybridized carbons (Fsp3) is 0.800. The number of nitrogens with zero attached hydrogens (tertiary/aromatic N) is 2. The van der Waals surface area contributed by atoms with Gasteiger partial charge < -0.3 is 10.1 Å². The van der Waals surface area contributed by atoms with Gasteiger partial charge >= 0.3 is 0 Å². The summed E-state index contributed by atoms with van der Waals surface area (Å²) in [6.45, 7) is 1.65. The molecule has 6 rings (SSSR count). The zero-order valence-electron chi connectivity index (χ0n) is 15.0. The Balaban J connectivity index is 1.24. The van der Waals surface area contributed by atoms with E-state index >= 15 is 0 Å². The van der Waals surface area contributed by atoms with Crippen molar-refractivity contribution < 1.29 is 9.53 Å². The quantitative estimate of drug-likeness (QED) is 0.908. The summed E-state index contributed by atoms with van der Waals surface area (Å²) in [5, 5.41) is 7.63. The van der Waals surface area contributed by atoms with Gasteiger partial charge in [0.25, 0.3) is 0 Å². The Hall–Kier alpha value is -1.36. The maximum absolute atomic E-state index is 13.1. The minimum atomic E-state index is -0.0939. The Bertz CT molecular complexity index is 612. The molecule has 1 unspecified atom stereocenters. The lowest BCUT2D eigenvalue weighted by molar-refractivity contribution is -0.140. The Morgan fingerprint density at radius 3 is 2.56 bits per heavy atom. The van der Waals surface area contributed by atoms with Gasteiger partial charge in [0.2, 0.25) is 5.91 Å². The zero-order valence-corrected chi connectivity index (χ0v) is 15.0. The van der Waals surface area contributed by atoms with Crippen LogP contribution in [0.5, 0.6) is 0 Å². The van der Waals surface area contributed by atoms with E-state index in [0.717, 1.165) is 62.3 Å². The van der Waals surface area contributed by atoms with Crippen LogP contribution in [0.2, 0.25) is 0 Å². The molecule has 5 heteroatoms. The van der Waals surface area contributed by atoms with Gasteiger partial charge in [-0.1, -0.05) is 0 Å². The molecule has 1 aliphatic heterocycles. The summed E-state index contributed by atoms with van der Waals surface area (Å²) in [6, 6.07) is 0. The zero-order chi connectivity index (χ0) is 16.9. The topological polar surface area (TPSA) is 56.2 Å². The lowest BCUT2D eigenvalue weighted by Gasteiger charge is -2.55. The molecule has 1 amide bonds. The van der Waals surface area contributed by atoms with Crippen molar-refractivity contribution in [3.05, 3.63) is 12.4 Å². The molecule has 5 aliphatic rings. The van der Waals surface area contributed by atoms with Crippen molar-refractivity contribution in [2.45, 2.75) is 70.4 Å². The van der Waals surface area contributed by atoms with Crippen LogP contribution in [0, 0.1) is 23.2 Å². The van der Waals surface area contributed by atoms with E-state index in [9.17, 15) is 4.79 Å². The number of amides is 1. The number of rotatable bonds is 4. The van der Waals surface area contributed by atoms with Crippen LogP contribution in [0.1, 0.15) is 57.8 Å². The summed E-state index contributed by atoms with van der Waals surface area (Å²) in [4.78, 5) is 13.1. The first-order chi connectivity index (χ1) is 12.2. The third kappa shape index (κ3) is 3.01. The molecule has 25 heavy (non-hydrogen) atoms. The molecular weight excluding hydrogens is 314 g/mol. The Morgan fingerprint density at radius 2 is 1.92 bits per heavy atom. The lowest BCUT2D eigenvalue weighted by Crippen LogP contribution is -2.51. The summed E-state index contributed by atoms with van der Waals surface area (Å²) in [5.41, 5.74) is 0.750. The van der Waals surface area contributed by atoms with Gasteiger partial charge in [-0.05, 0) is 75.5 Å². The monoisotopic (exact) mass is 343 g/mol. The molecule has 5 fully saturated rings. The third-order valence-electron chi connectivity index (χ3n) is 7.08. The van der Waals surface area contributed by atoms with Gasteiger partial charge in [0, 0.05) is 12.8 Å². The van der Waals surface area contributed by atoms with Gasteiger partial charge in [-0.3, -0.25) is 9.48 Å². The lowest BCUT2D eigenvalue weighted by atomic mass is 9.49. The SMILES string of the molecule is O=C(Nc1cnn(CC2CCCCO2)c1)C12CC3CC(CC(C3)C1)C2. The second-order valence-corrected chi connectivity index (χ2v) is 9.09. The molecule has 1 aromatic heterocycles. The molecule has 4 aliphatic carbocycles. The fourth-order valence-corrected chi connectivity index (χ4v) is 6.34. The highest BCUT2D eigenvalue weighted by atomic mass is 16.5. The molecular formula is C20H29N3O2. The van der Waals surface area contributed by atoms with E-state index in [-0.39, 0.29) is 17.4 Å². The summed E-state index contributed by atoms with van der Waals surface area (Å²) >= 11 is 0. The number of hydrogen-bond acceptors (Lipinski definition) is 3. The number of carbonyl (C=O) groups is 1. The first kappa shape index (κ1) is 15.9. The molecule has 4 bridgehead atoms. The molecule has 1 N–H and O–H groups in total. The van der Waals surface area contributed by atoms with Crippen LogP contribution in [-0.2, 0) is 16.1 Å². The number of aromatic nitrogens is 2. The Kier molecular flexibility index (Phi) is 3.88. The molecule has 0 aromatic carbocycles. The fourth-order valence-electron chi connectivity index (χ4n) is 6.34. The predicted molar refractivity (Wildman–Crippen MR) is 95.1 cm³/mol. The van der Waals surface area contributed by atoms with Crippen LogP contribution in [0.4, 0.5) is 5.69 Å². The largest absolute Gasteiger partial charge is 0.376 e. The number of anilines is 1. The molecule has 0 spiro atoms. The Labute approximate surface area is 149 Å². The van der Waals surface area contributed by atoms with Crippen LogP contribution in [0.15, 0.2) is 12.4 Å². The second kappa shape index (κ2) is 6.11. The average Bonchev–Trinajstić information content (AvgIpc) is 3.01. The van der Waals surface area contributed by atoms with Crippen molar-refractivity contribution in [1.29, 1.82) is 0 Å². The molecule has 1 atom stereocenters. The molecule has 136 valence electrons. The van der Waals surface area contributed by atoms with Crippen LogP contribution < -0.4 is 5.32 Å². The van der Waals surface area contributed by atoms with Crippen molar-refractivity contribution in [2.24, 2.45) is 23.2 Å². The molecule has 2 heterocycles. The van der Waals surface area contributed by atoms with Gasteiger partial charge in [-0.2, -0.15) is 5.10 Å². The van der Waals surface area contributed by atoms with Crippen molar-refractivity contribution >= 4 is 11.6 Å². The summed E-state index contributed by atoms with van der Waals surface area (Å²) in [7, 11) is 0. The maximum atomic E-state index is 13.1. The van der Waals surface area contributed by atoms with Crippen molar-refractivity contribution in [3.8, 4) is 0 Å². The molecule has 1 saturated heterocycles. The molecule has 4 saturated carbocycles. The first-order valence-electron chi connectivity index (χ1n) is 10.1. The molecule has 1 aromatic rings.